The smallest absolute Gasteiger partial charge is 0.243 e. The normalized spacial score (nSPS) is 12.4. The van der Waals surface area contributed by atoms with Crippen LogP contribution in [0.1, 0.15) is 12.5 Å². The third-order valence-corrected chi connectivity index (χ3v) is 6.10. The summed E-state index contributed by atoms with van der Waals surface area (Å²) in [5.74, 6) is 0.685. The molecule has 1 atom stereocenters. The fourth-order valence-corrected chi connectivity index (χ4v) is 4.55. The van der Waals surface area contributed by atoms with Gasteiger partial charge in [-0.2, -0.15) is 11.8 Å². The Morgan fingerprint density at radius 1 is 1.15 bits per heavy atom. The van der Waals surface area contributed by atoms with Crippen molar-refractivity contribution in [3.8, 4) is 0 Å². The summed E-state index contributed by atoms with van der Waals surface area (Å²) in [5.41, 5.74) is 1.46. The van der Waals surface area contributed by atoms with Gasteiger partial charge in [-0.05, 0) is 36.8 Å². The summed E-state index contributed by atoms with van der Waals surface area (Å²) in [6.45, 7) is 1.94. The van der Waals surface area contributed by atoms with Crippen molar-refractivity contribution in [1.82, 2.24) is 5.32 Å². The molecule has 2 aromatic rings. The van der Waals surface area contributed by atoms with Crippen LogP contribution in [0.25, 0.3) is 0 Å². The van der Waals surface area contributed by atoms with Crippen molar-refractivity contribution in [3.05, 3.63) is 66.0 Å². The number of hydrogen-bond acceptors (Lipinski definition) is 4. The van der Waals surface area contributed by atoms with Gasteiger partial charge in [0.05, 0.1) is 11.9 Å². The van der Waals surface area contributed by atoms with Gasteiger partial charge in [-0.15, -0.1) is 0 Å². The van der Waals surface area contributed by atoms with Gasteiger partial charge in [-0.25, -0.2) is 12.8 Å². The van der Waals surface area contributed by atoms with Gasteiger partial charge >= 0.3 is 0 Å². The van der Waals surface area contributed by atoms with Crippen LogP contribution in [0, 0.1) is 5.82 Å². The van der Waals surface area contributed by atoms with Crippen molar-refractivity contribution in [3.63, 3.8) is 0 Å². The van der Waals surface area contributed by atoms with Crippen molar-refractivity contribution in [1.29, 1.82) is 0 Å². The molecule has 2 aromatic carbocycles. The van der Waals surface area contributed by atoms with Crippen LogP contribution in [-0.2, 0) is 20.6 Å². The Hall–Kier alpha value is -2.06. The molecule has 1 N–H and O–H groups in total. The molecule has 0 radical (unpaired) electrons. The average Bonchev–Trinajstić information content (AvgIpc) is 2.62. The van der Waals surface area contributed by atoms with Gasteiger partial charge in [0.1, 0.15) is 11.9 Å². The minimum absolute atomic E-state index is 0.250. The second-order valence-corrected chi connectivity index (χ2v) is 9.01. The van der Waals surface area contributed by atoms with Crippen molar-refractivity contribution < 1.29 is 17.6 Å². The van der Waals surface area contributed by atoms with Crippen LogP contribution in [0.2, 0.25) is 0 Å². The molecule has 0 unspecified atom stereocenters. The van der Waals surface area contributed by atoms with Crippen LogP contribution in [0.5, 0.6) is 0 Å². The first kappa shape index (κ1) is 21.2. The number of amides is 1. The van der Waals surface area contributed by atoms with Crippen molar-refractivity contribution in [2.75, 3.05) is 22.9 Å². The Morgan fingerprint density at radius 3 is 2.37 bits per heavy atom. The maximum atomic E-state index is 13.1. The van der Waals surface area contributed by atoms with Gasteiger partial charge in [0, 0.05) is 18.1 Å². The van der Waals surface area contributed by atoms with Crippen molar-refractivity contribution in [2.45, 2.75) is 18.7 Å². The number of nitrogens with one attached hydrogen (secondary N) is 1. The highest BCUT2D eigenvalue weighted by Crippen LogP contribution is 2.21. The van der Waals surface area contributed by atoms with E-state index in [1.54, 1.807) is 11.8 Å². The molecular weight excluding hydrogens is 387 g/mol. The standard InChI is InChI=1S/C19H23FN2O3S2/c1-15(22(27(2,24)25)18-10-8-17(20)9-11-18)19(23)21-12-13-26-14-16-6-4-3-5-7-16/h3-11,15H,12-14H2,1-2H3,(H,21,23)/t15-/m1/s1. The number of benzene rings is 2. The molecule has 8 heteroatoms. The number of thioether (sulfide) groups is 1. The zero-order chi connectivity index (χ0) is 19.9. The third kappa shape index (κ3) is 6.55. The van der Waals surface area contributed by atoms with Crippen molar-refractivity contribution >= 4 is 33.4 Å². The summed E-state index contributed by atoms with van der Waals surface area (Å²) in [6.07, 6.45) is 1.02. The van der Waals surface area contributed by atoms with E-state index in [0.29, 0.717) is 12.3 Å². The molecule has 0 heterocycles. The Morgan fingerprint density at radius 2 is 1.78 bits per heavy atom. The van der Waals surface area contributed by atoms with Crippen LogP contribution in [-0.4, -0.2) is 38.9 Å². The second-order valence-electron chi connectivity index (χ2n) is 6.04. The maximum Gasteiger partial charge on any atom is 0.243 e. The number of halogens is 1. The molecule has 0 saturated carbocycles. The molecule has 2 rings (SSSR count). The topological polar surface area (TPSA) is 66.5 Å². The SMILES string of the molecule is C[C@H](C(=O)NCCSCc1ccccc1)N(c1ccc(F)cc1)S(C)(=O)=O. The Labute approximate surface area is 164 Å². The third-order valence-electron chi connectivity index (χ3n) is 3.83. The molecule has 27 heavy (non-hydrogen) atoms. The van der Waals surface area contributed by atoms with E-state index in [-0.39, 0.29) is 5.69 Å². The van der Waals surface area contributed by atoms with Crippen LogP contribution < -0.4 is 9.62 Å². The highest BCUT2D eigenvalue weighted by Gasteiger charge is 2.28. The van der Waals surface area contributed by atoms with E-state index in [2.05, 4.69) is 5.32 Å². The summed E-state index contributed by atoms with van der Waals surface area (Å²) in [4.78, 5) is 12.4. The largest absolute Gasteiger partial charge is 0.353 e. The van der Waals surface area contributed by atoms with Crippen LogP contribution >= 0.6 is 11.8 Å². The lowest BCUT2D eigenvalue weighted by molar-refractivity contribution is -0.121. The molecular formula is C19H23FN2O3S2. The van der Waals surface area contributed by atoms with Gasteiger partial charge in [0.2, 0.25) is 15.9 Å². The molecule has 1 amide bonds. The molecule has 0 aliphatic rings. The van der Waals surface area contributed by atoms with E-state index >= 15 is 0 Å². The van der Waals surface area contributed by atoms with Gasteiger partial charge in [0.25, 0.3) is 0 Å². The van der Waals surface area contributed by atoms with E-state index in [4.69, 9.17) is 0 Å². The maximum absolute atomic E-state index is 13.1. The number of carbonyl (C=O) groups excluding carboxylic acids is 1. The molecule has 0 bridgehead atoms. The predicted molar refractivity (Wildman–Crippen MR) is 109 cm³/mol. The van der Waals surface area contributed by atoms with E-state index in [0.717, 1.165) is 16.3 Å². The summed E-state index contributed by atoms with van der Waals surface area (Å²) in [6, 6.07) is 14.1. The summed E-state index contributed by atoms with van der Waals surface area (Å²) < 4.78 is 38.4. The molecule has 0 saturated heterocycles. The zero-order valence-electron chi connectivity index (χ0n) is 15.3. The van der Waals surface area contributed by atoms with Gasteiger partial charge in [0.15, 0.2) is 0 Å². The number of anilines is 1. The quantitative estimate of drug-likeness (QED) is 0.646. The van der Waals surface area contributed by atoms with Gasteiger partial charge < -0.3 is 5.32 Å². The number of nitrogens with zero attached hydrogens (tertiary/aromatic N) is 1. The van der Waals surface area contributed by atoms with Gasteiger partial charge in [-0.3, -0.25) is 9.10 Å². The van der Waals surface area contributed by atoms with Crippen LogP contribution in [0.4, 0.5) is 10.1 Å². The van der Waals surface area contributed by atoms with Crippen molar-refractivity contribution in [2.24, 2.45) is 0 Å². The zero-order valence-corrected chi connectivity index (χ0v) is 16.9. The lowest BCUT2D eigenvalue weighted by Gasteiger charge is -2.28. The Balaban J connectivity index is 1.90. The van der Waals surface area contributed by atoms with E-state index < -0.39 is 27.8 Å². The highest BCUT2D eigenvalue weighted by atomic mass is 32.2. The molecule has 5 nitrogen and oxygen atoms in total. The van der Waals surface area contributed by atoms with Crippen LogP contribution in [0.3, 0.4) is 0 Å². The lowest BCUT2D eigenvalue weighted by atomic mass is 10.2. The average molecular weight is 411 g/mol. The lowest BCUT2D eigenvalue weighted by Crippen LogP contribution is -2.48. The number of rotatable bonds is 9. The number of sulfonamides is 1. The molecule has 0 aliphatic carbocycles. The molecule has 0 aromatic heterocycles. The Bertz CT molecular complexity index is 843. The first-order chi connectivity index (χ1) is 12.8. The van der Waals surface area contributed by atoms with E-state index in [1.807, 2.05) is 30.3 Å². The molecule has 0 spiro atoms. The second kappa shape index (κ2) is 9.75. The first-order valence-electron chi connectivity index (χ1n) is 8.43. The fourth-order valence-electron chi connectivity index (χ4n) is 2.56. The molecule has 146 valence electrons. The fraction of sp³-hybridized carbons (Fsp3) is 0.316. The number of carbonyl (C=O) groups is 1. The minimum Gasteiger partial charge on any atom is -0.353 e. The minimum atomic E-state index is -3.70. The van der Waals surface area contributed by atoms with E-state index in [1.165, 1.54) is 36.8 Å². The first-order valence-corrected chi connectivity index (χ1v) is 11.4. The summed E-state index contributed by atoms with van der Waals surface area (Å²) >= 11 is 1.68. The molecule has 0 aliphatic heterocycles. The Kier molecular flexibility index (Phi) is 7.67. The summed E-state index contributed by atoms with van der Waals surface area (Å²) in [5, 5.41) is 2.76. The van der Waals surface area contributed by atoms with Crippen LogP contribution in [0.15, 0.2) is 54.6 Å². The van der Waals surface area contributed by atoms with Gasteiger partial charge in [-0.1, -0.05) is 30.3 Å². The predicted octanol–water partition coefficient (Wildman–Crippen LogP) is 3.03. The molecule has 0 fully saturated rings. The van der Waals surface area contributed by atoms with E-state index in [9.17, 15) is 17.6 Å². The monoisotopic (exact) mass is 410 g/mol. The highest BCUT2D eigenvalue weighted by molar-refractivity contribution is 7.98. The number of hydrogen-bond donors (Lipinski definition) is 1. The summed E-state index contributed by atoms with van der Waals surface area (Å²) in [7, 11) is -3.70.